The van der Waals surface area contributed by atoms with Crippen LogP contribution in [-0.4, -0.2) is 36.5 Å². The van der Waals surface area contributed by atoms with E-state index in [-0.39, 0.29) is 48.0 Å². The third-order valence-corrected chi connectivity index (χ3v) is 5.72. The Morgan fingerprint density at radius 2 is 2.04 bits per heavy atom. The van der Waals surface area contributed by atoms with Crippen molar-refractivity contribution in [2.45, 2.75) is 44.5 Å². The van der Waals surface area contributed by atoms with Crippen LogP contribution in [-0.2, 0) is 40.5 Å². The normalized spacial score (nSPS) is 15.3. The number of halogens is 3. The van der Waals surface area contributed by atoms with Gasteiger partial charge >= 0.3 is 6.18 Å². The van der Waals surface area contributed by atoms with Gasteiger partial charge in [0, 0.05) is 24.2 Å². The number of aryl methyl sites for hydroxylation is 2. The molecule has 0 spiro atoms. The molecule has 0 aliphatic carbocycles. The second kappa shape index (κ2) is 6.67. The Labute approximate surface area is 147 Å². The summed E-state index contributed by atoms with van der Waals surface area (Å²) < 4.78 is 77.5. The zero-order valence-corrected chi connectivity index (χ0v) is 14.9. The fourth-order valence-corrected chi connectivity index (χ4v) is 4.28. The molecule has 0 amide bonds. The predicted molar refractivity (Wildman–Crippen MR) is 81.8 cm³/mol. The number of rotatable bonds is 5. The number of sulfonamides is 1. The molecule has 3 heterocycles. The Bertz CT molecular complexity index is 898. The molecular formula is C14H17F3N4O4S. The van der Waals surface area contributed by atoms with Crippen molar-refractivity contribution in [3.63, 3.8) is 0 Å². The van der Waals surface area contributed by atoms with E-state index in [2.05, 4.69) is 15.0 Å². The molecule has 1 aliphatic heterocycles. The Hall–Kier alpha value is -1.92. The van der Waals surface area contributed by atoms with E-state index in [1.807, 2.05) is 0 Å². The largest absolute Gasteiger partial charge is 0.435 e. The molecule has 12 heteroatoms. The monoisotopic (exact) mass is 394 g/mol. The Kier molecular flexibility index (Phi) is 4.84. The average Bonchev–Trinajstić information content (AvgIpc) is 3.08. The molecule has 2 aromatic heterocycles. The number of nitrogens with zero attached hydrogens (tertiary/aromatic N) is 3. The topological polar surface area (TPSA) is 99.2 Å². The molecule has 0 unspecified atom stereocenters. The first-order valence-corrected chi connectivity index (χ1v) is 9.25. The maximum atomic E-state index is 13.1. The molecule has 26 heavy (non-hydrogen) atoms. The summed E-state index contributed by atoms with van der Waals surface area (Å²) in [5, 5.41) is 7.21. The van der Waals surface area contributed by atoms with E-state index in [9.17, 15) is 21.6 Å². The third kappa shape index (κ3) is 3.48. The van der Waals surface area contributed by atoms with Crippen molar-refractivity contribution >= 4 is 10.0 Å². The second-order valence-electron chi connectivity index (χ2n) is 5.85. The maximum absolute atomic E-state index is 13.1. The first-order chi connectivity index (χ1) is 12.1. The zero-order valence-electron chi connectivity index (χ0n) is 14.1. The summed E-state index contributed by atoms with van der Waals surface area (Å²) in [6, 6.07) is 0. The Balaban J connectivity index is 1.78. The van der Waals surface area contributed by atoms with Crippen molar-refractivity contribution in [2.75, 3.05) is 13.2 Å². The molecule has 0 radical (unpaired) electrons. The highest BCUT2D eigenvalue weighted by molar-refractivity contribution is 7.89. The lowest BCUT2D eigenvalue weighted by molar-refractivity contribution is -0.142. The lowest BCUT2D eigenvalue weighted by Crippen LogP contribution is -2.29. The molecule has 144 valence electrons. The summed E-state index contributed by atoms with van der Waals surface area (Å²) in [4.78, 5) is -0.0654. The zero-order chi connectivity index (χ0) is 19.1. The van der Waals surface area contributed by atoms with Gasteiger partial charge in [-0.2, -0.15) is 18.3 Å². The van der Waals surface area contributed by atoms with Gasteiger partial charge in [0.05, 0.1) is 19.8 Å². The van der Waals surface area contributed by atoms with E-state index in [0.717, 1.165) is 0 Å². The molecule has 2 aromatic rings. The first kappa shape index (κ1) is 18.9. The minimum Gasteiger partial charge on any atom is -0.376 e. The molecule has 0 bridgehead atoms. The van der Waals surface area contributed by atoms with Crippen LogP contribution in [0, 0.1) is 13.8 Å². The van der Waals surface area contributed by atoms with E-state index in [0.29, 0.717) is 12.3 Å². The van der Waals surface area contributed by atoms with Crippen LogP contribution in [0.5, 0.6) is 0 Å². The Morgan fingerprint density at radius 1 is 1.31 bits per heavy atom. The van der Waals surface area contributed by atoms with Gasteiger partial charge in [0.1, 0.15) is 10.6 Å². The van der Waals surface area contributed by atoms with Gasteiger partial charge in [0.2, 0.25) is 10.0 Å². The summed E-state index contributed by atoms with van der Waals surface area (Å²) in [7, 11) is -3.89. The van der Waals surface area contributed by atoms with E-state index in [4.69, 9.17) is 9.26 Å². The minimum absolute atomic E-state index is 0.0114. The van der Waals surface area contributed by atoms with Crippen molar-refractivity contribution in [3.05, 3.63) is 28.4 Å². The summed E-state index contributed by atoms with van der Waals surface area (Å²) in [6.07, 6.45) is -4.30. The fraction of sp³-hybridized carbons (Fsp3) is 0.571. The smallest absolute Gasteiger partial charge is 0.376 e. The van der Waals surface area contributed by atoms with Crippen LogP contribution < -0.4 is 4.72 Å². The van der Waals surface area contributed by atoms with Crippen LogP contribution in [0.1, 0.15) is 28.4 Å². The van der Waals surface area contributed by atoms with Gasteiger partial charge < -0.3 is 9.26 Å². The molecule has 0 fully saturated rings. The molecule has 0 saturated heterocycles. The summed E-state index contributed by atoms with van der Waals surface area (Å²) in [6.45, 7) is 2.92. The Morgan fingerprint density at radius 3 is 2.65 bits per heavy atom. The summed E-state index contributed by atoms with van der Waals surface area (Å²) in [5.41, 5.74) is -0.346. The van der Waals surface area contributed by atoms with Crippen LogP contribution in [0.3, 0.4) is 0 Å². The number of alkyl halides is 3. The number of fused-ring (bicyclic) bond motifs is 1. The molecule has 0 aromatic carbocycles. The highest BCUT2D eigenvalue weighted by Crippen LogP contribution is 2.34. The van der Waals surface area contributed by atoms with E-state index >= 15 is 0 Å². The second-order valence-corrected chi connectivity index (χ2v) is 7.55. The molecule has 0 atom stereocenters. The summed E-state index contributed by atoms with van der Waals surface area (Å²) >= 11 is 0. The SMILES string of the molecule is Cc1noc(C)c1S(=O)(=O)NCCn1nc(C(F)(F)F)c2c1CCOC2. The quantitative estimate of drug-likeness (QED) is 0.826. The van der Waals surface area contributed by atoms with Crippen molar-refractivity contribution in [3.8, 4) is 0 Å². The number of aromatic nitrogens is 3. The third-order valence-electron chi connectivity index (χ3n) is 4.02. The standard InChI is InChI=1S/C14H17F3N4O4S/c1-8-12(9(2)25-20-8)26(22,23)18-4-5-21-11-3-6-24-7-10(11)13(19-21)14(15,16)17/h18H,3-7H2,1-2H3. The highest BCUT2D eigenvalue weighted by atomic mass is 32.2. The van der Waals surface area contributed by atoms with Gasteiger partial charge in [-0.3, -0.25) is 4.68 Å². The molecule has 8 nitrogen and oxygen atoms in total. The van der Waals surface area contributed by atoms with Crippen LogP contribution in [0.25, 0.3) is 0 Å². The lowest BCUT2D eigenvalue weighted by atomic mass is 10.1. The number of hydrogen-bond acceptors (Lipinski definition) is 6. The van der Waals surface area contributed by atoms with Gasteiger partial charge in [-0.15, -0.1) is 0 Å². The van der Waals surface area contributed by atoms with Crippen molar-refractivity contribution in [1.29, 1.82) is 0 Å². The number of nitrogens with one attached hydrogen (secondary N) is 1. The molecular weight excluding hydrogens is 377 g/mol. The fourth-order valence-electron chi connectivity index (χ4n) is 2.94. The van der Waals surface area contributed by atoms with Crippen molar-refractivity contribution in [1.82, 2.24) is 19.7 Å². The van der Waals surface area contributed by atoms with Gasteiger partial charge in [-0.1, -0.05) is 5.16 Å². The van der Waals surface area contributed by atoms with Gasteiger partial charge in [-0.25, -0.2) is 13.1 Å². The first-order valence-electron chi connectivity index (χ1n) is 7.77. The molecule has 1 N–H and O–H groups in total. The van der Waals surface area contributed by atoms with Gasteiger partial charge in [0.15, 0.2) is 11.5 Å². The van der Waals surface area contributed by atoms with Gasteiger partial charge in [0.25, 0.3) is 0 Å². The van der Waals surface area contributed by atoms with Crippen LogP contribution in [0.4, 0.5) is 13.2 Å². The molecule has 3 rings (SSSR count). The van der Waals surface area contributed by atoms with Crippen LogP contribution >= 0.6 is 0 Å². The predicted octanol–water partition coefficient (Wildman–Crippen LogP) is 1.56. The van der Waals surface area contributed by atoms with Gasteiger partial charge in [-0.05, 0) is 13.8 Å². The van der Waals surface area contributed by atoms with E-state index < -0.39 is 21.9 Å². The van der Waals surface area contributed by atoms with E-state index in [1.165, 1.54) is 18.5 Å². The minimum atomic E-state index is -4.59. The number of ether oxygens (including phenoxy) is 1. The van der Waals surface area contributed by atoms with Crippen molar-refractivity contribution in [2.24, 2.45) is 0 Å². The van der Waals surface area contributed by atoms with E-state index in [1.54, 1.807) is 0 Å². The average molecular weight is 394 g/mol. The molecule has 1 aliphatic rings. The van der Waals surface area contributed by atoms with Crippen LogP contribution in [0.2, 0.25) is 0 Å². The van der Waals surface area contributed by atoms with Crippen LogP contribution in [0.15, 0.2) is 9.42 Å². The maximum Gasteiger partial charge on any atom is 0.435 e. The highest BCUT2D eigenvalue weighted by Gasteiger charge is 2.39. The lowest BCUT2D eigenvalue weighted by Gasteiger charge is -2.15. The summed E-state index contributed by atoms with van der Waals surface area (Å²) in [5.74, 6) is 0.142. The van der Waals surface area contributed by atoms with Crippen molar-refractivity contribution < 1.29 is 30.8 Å². The molecule has 0 saturated carbocycles. The number of hydrogen-bond donors (Lipinski definition) is 1.